The molecule has 1 atom stereocenters. The fourth-order valence-electron chi connectivity index (χ4n) is 3.19. The van der Waals surface area contributed by atoms with Crippen molar-refractivity contribution < 1.29 is 14.1 Å². The zero-order valence-corrected chi connectivity index (χ0v) is 16.1. The second kappa shape index (κ2) is 9.50. The van der Waals surface area contributed by atoms with Gasteiger partial charge in [0.1, 0.15) is 6.04 Å². The number of likely N-dealkylation sites (tertiary alicyclic amines) is 1. The van der Waals surface area contributed by atoms with E-state index in [0.29, 0.717) is 37.9 Å². The van der Waals surface area contributed by atoms with E-state index in [4.69, 9.17) is 9.26 Å². The van der Waals surface area contributed by atoms with Crippen molar-refractivity contribution in [3.63, 3.8) is 0 Å². The highest BCUT2D eigenvalue weighted by atomic mass is 16.5. The summed E-state index contributed by atoms with van der Waals surface area (Å²) in [6, 6.07) is 9.93. The molecule has 1 N–H and O–H groups in total. The number of carbonyl (C=O) groups is 1. The van der Waals surface area contributed by atoms with Gasteiger partial charge in [-0.05, 0) is 38.7 Å². The van der Waals surface area contributed by atoms with Crippen molar-refractivity contribution in [3.8, 4) is 0 Å². The maximum absolute atomic E-state index is 12.4. The van der Waals surface area contributed by atoms with Gasteiger partial charge in [-0.15, -0.1) is 0 Å². The Hall–Kier alpha value is -2.41. The first-order chi connectivity index (χ1) is 13.1. The zero-order valence-electron chi connectivity index (χ0n) is 16.1. The van der Waals surface area contributed by atoms with Crippen LogP contribution in [0.5, 0.6) is 0 Å². The van der Waals surface area contributed by atoms with Crippen molar-refractivity contribution in [1.82, 2.24) is 20.4 Å². The molecule has 0 bridgehead atoms. The molecule has 1 aromatic carbocycles. The van der Waals surface area contributed by atoms with Gasteiger partial charge in [-0.3, -0.25) is 0 Å². The molecule has 1 saturated heterocycles. The SMILES string of the molecule is CC(C)NC(=O)N1CCCCC1c1nc(CCOCc2ccccc2)no1. The van der Waals surface area contributed by atoms with E-state index in [0.717, 1.165) is 24.8 Å². The van der Waals surface area contributed by atoms with Crippen molar-refractivity contribution in [2.75, 3.05) is 13.2 Å². The largest absolute Gasteiger partial charge is 0.376 e. The predicted octanol–water partition coefficient (Wildman–Crippen LogP) is 3.47. The third-order valence-corrected chi connectivity index (χ3v) is 4.53. The highest BCUT2D eigenvalue weighted by Crippen LogP contribution is 2.30. The van der Waals surface area contributed by atoms with Gasteiger partial charge in [0.05, 0.1) is 13.2 Å². The van der Waals surface area contributed by atoms with Crippen LogP contribution in [-0.4, -0.2) is 40.3 Å². The van der Waals surface area contributed by atoms with E-state index in [2.05, 4.69) is 15.5 Å². The fraction of sp³-hybridized carbons (Fsp3) is 0.550. The Morgan fingerprint density at radius 1 is 1.33 bits per heavy atom. The van der Waals surface area contributed by atoms with Crippen LogP contribution < -0.4 is 5.32 Å². The van der Waals surface area contributed by atoms with Crippen LogP contribution in [0, 0.1) is 0 Å². The second-order valence-corrected chi connectivity index (χ2v) is 7.15. The van der Waals surface area contributed by atoms with Gasteiger partial charge in [-0.1, -0.05) is 35.5 Å². The highest BCUT2D eigenvalue weighted by molar-refractivity contribution is 5.75. The lowest BCUT2D eigenvalue weighted by Crippen LogP contribution is -2.46. The van der Waals surface area contributed by atoms with Crippen molar-refractivity contribution in [2.45, 2.75) is 58.2 Å². The minimum absolute atomic E-state index is 0.0688. The van der Waals surface area contributed by atoms with Gasteiger partial charge >= 0.3 is 6.03 Å². The second-order valence-electron chi connectivity index (χ2n) is 7.15. The maximum atomic E-state index is 12.4. The molecular formula is C20H28N4O3. The molecule has 1 aromatic heterocycles. The number of ether oxygens (including phenoxy) is 1. The molecule has 0 spiro atoms. The van der Waals surface area contributed by atoms with E-state index in [9.17, 15) is 4.79 Å². The molecule has 2 heterocycles. The summed E-state index contributed by atoms with van der Waals surface area (Å²) in [6.07, 6.45) is 3.48. The van der Waals surface area contributed by atoms with Gasteiger partial charge in [0.15, 0.2) is 5.82 Å². The molecule has 27 heavy (non-hydrogen) atoms. The number of hydrogen-bond donors (Lipinski definition) is 1. The van der Waals surface area contributed by atoms with Crippen molar-refractivity contribution >= 4 is 6.03 Å². The Morgan fingerprint density at radius 3 is 2.93 bits per heavy atom. The molecule has 2 amide bonds. The minimum Gasteiger partial charge on any atom is -0.376 e. The lowest BCUT2D eigenvalue weighted by Gasteiger charge is -2.33. The monoisotopic (exact) mass is 372 g/mol. The number of nitrogens with one attached hydrogen (secondary N) is 1. The Bertz CT molecular complexity index is 717. The lowest BCUT2D eigenvalue weighted by atomic mass is 10.0. The molecule has 0 aliphatic carbocycles. The third kappa shape index (κ3) is 5.53. The number of rotatable bonds is 7. The first kappa shape index (κ1) is 19.4. The molecule has 2 aromatic rings. The summed E-state index contributed by atoms with van der Waals surface area (Å²) in [6.45, 7) is 5.71. The molecular weight excluding hydrogens is 344 g/mol. The average Bonchev–Trinajstić information content (AvgIpc) is 3.14. The van der Waals surface area contributed by atoms with E-state index in [1.54, 1.807) is 0 Å². The Morgan fingerprint density at radius 2 is 2.15 bits per heavy atom. The van der Waals surface area contributed by atoms with Crippen molar-refractivity contribution in [3.05, 3.63) is 47.6 Å². The van der Waals surface area contributed by atoms with Crippen molar-refractivity contribution in [1.29, 1.82) is 0 Å². The van der Waals surface area contributed by atoms with Gasteiger partial charge in [-0.25, -0.2) is 4.79 Å². The van der Waals surface area contributed by atoms with Crippen LogP contribution in [0.15, 0.2) is 34.9 Å². The number of hydrogen-bond acceptors (Lipinski definition) is 5. The number of urea groups is 1. The van der Waals surface area contributed by atoms with Gasteiger partial charge < -0.3 is 19.5 Å². The molecule has 1 fully saturated rings. The topological polar surface area (TPSA) is 80.5 Å². The number of piperidine rings is 1. The molecule has 0 saturated carbocycles. The number of aromatic nitrogens is 2. The Labute approximate surface area is 160 Å². The zero-order chi connectivity index (χ0) is 19.1. The minimum atomic E-state index is -0.149. The van der Waals surface area contributed by atoms with Crippen LogP contribution in [0.2, 0.25) is 0 Å². The Kier molecular flexibility index (Phi) is 6.81. The molecule has 1 aliphatic rings. The first-order valence-electron chi connectivity index (χ1n) is 9.65. The number of amides is 2. The summed E-state index contributed by atoms with van der Waals surface area (Å²) in [7, 11) is 0. The summed E-state index contributed by atoms with van der Waals surface area (Å²) in [5.74, 6) is 1.14. The molecule has 7 heteroatoms. The van der Waals surface area contributed by atoms with E-state index in [1.165, 1.54) is 0 Å². The molecule has 1 aliphatic heterocycles. The summed E-state index contributed by atoms with van der Waals surface area (Å²) in [5.41, 5.74) is 1.14. The predicted molar refractivity (Wildman–Crippen MR) is 101 cm³/mol. The Balaban J connectivity index is 1.53. The maximum Gasteiger partial charge on any atom is 0.318 e. The highest BCUT2D eigenvalue weighted by Gasteiger charge is 2.32. The summed E-state index contributed by atoms with van der Waals surface area (Å²) in [4.78, 5) is 18.8. The van der Waals surface area contributed by atoms with Crippen LogP contribution in [0.3, 0.4) is 0 Å². The summed E-state index contributed by atoms with van der Waals surface area (Å²) >= 11 is 0. The van der Waals surface area contributed by atoms with Gasteiger partial charge in [-0.2, -0.15) is 4.98 Å². The van der Waals surface area contributed by atoms with Gasteiger partial charge in [0.2, 0.25) is 5.89 Å². The summed E-state index contributed by atoms with van der Waals surface area (Å²) < 4.78 is 11.2. The van der Waals surface area contributed by atoms with Crippen LogP contribution >= 0.6 is 0 Å². The van der Waals surface area contributed by atoms with Crippen molar-refractivity contribution in [2.24, 2.45) is 0 Å². The molecule has 3 rings (SSSR count). The average molecular weight is 372 g/mol. The normalized spacial score (nSPS) is 17.3. The van der Waals surface area contributed by atoms with E-state index in [1.807, 2.05) is 49.1 Å². The van der Waals surface area contributed by atoms with Crippen LogP contribution in [0.4, 0.5) is 4.79 Å². The van der Waals surface area contributed by atoms with Crippen LogP contribution in [0.1, 0.15) is 56.4 Å². The van der Waals surface area contributed by atoms with E-state index in [-0.39, 0.29) is 18.1 Å². The molecule has 1 unspecified atom stereocenters. The van der Waals surface area contributed by atoms with Gasteiger partial charge in [0, 0.05) is 19.0 Å². The van der Waals surface area contributed by atoms with Crippen LogP contribution in [-0.2, 0) is 17.8 Å². The molecule has 146 valence electrons. The third-order valence-electron chi connectivity index (χ3n) is 4.53. The van der Waals surface area contributed by atoms with E-state index < -0.39 is 0 Å². The number of carbonyl (C=O) groups excluding carboxylic acids is 1. The quantitative estimate of drug-likeness (QED) is 0.753. The first-order valence-corrected chi connectivity index (χ1v) is 9.65. The standard InChI is InChI=1S/C20H28N4O3/c1-15(2)21-20(25)24-12-7-6-10-17(24)19-22-18(23-27-19)11-13-26-14-16-8-4-3-5-9-16/h3-5,8-9,15,17H,6-7,10-14H2,1-2H3,(H,21,25). The van der Waals surface area contributed by atoms with E-state index >= 15 is 0 Å². The number of benzene rings is 1. The molecule has 0 radical (unpaired) electrons. The van der Waals surface area contributed by atoms with Gasteiger partial charge in [0.25, 0.3) is 0 Å². The van der Waals surface area contributed by atoms with Crippen LogP contribution in [0.25, 0.3) is 0 Å². The summed E-state index contributed by atoms with van der Waals surface area (Å²) in [5, 5.41) is 7.02. The number of nitrogens with zero attached hydrogens (tertiary/aromatic N) is 3. The lowest BCUT2D eigenvalue weighted by molar-refractivity contribution is 0.122. The fourth-order valence-corrected chi connectivity index (χ4v) is 3.19. The molecule has 7 nitrogen and oxygen atoms in total. The smallest absolute Gasteiger partial charge is 0.318 e.